The van der Waals surface area contributed by atoms with Crippen molar-refractivity contribution in [2.45, 2.75) is 38.6 Å². The number of pyridine rings is 1. The van der Waals surface area contributed by atoms with E-state index >= 15 is 0 Å². The molecule has 0 radical (unpaired) electrons. The molecule has 1 fully saturated rings. The van der Waals surface area contributed by atoms with Crippen LogP contribution in [0.15, 0.2) is 55.0 Å². The summed E-state index contributed by atoms with van der Waals surface area (Å²) in [5.74, 6) is 1.18. The molecule has 2 aliphatic rings. The Morgan fingerprint density at radius 1 is 1.15 bits per heavy atom. The van der Waals surface area contributed by atoms with E-state index in [9.17, 15) is 4.79 Å². The molecule has 0 unspecified atom stereocenters. The van der Waals surface area contributed by atoms with Gasteiger partial charge in [0.25, 0.3) is 0 Å². The minimum atomic E-state index is 0.227. The molecule has 1 saturated heterocycles. The first-order valence-corrected chi connectivity index (χ1v) is 11.7. The van der Waals surface area contributed by atoms with Crippen LogP contribution in [0.1, 0.15) is 41.3 Å². The normalized spacial score (nSPS) is 18.6. The fraction of sp³-hybridized carbons (Fsp3) is 0.385. The first-order valence-electron chi connectivity index (χ1n) is 11.7. The lowest BCUT2D eigenvalue weighted by Crippen LogP contribution is -2.45. The molecule has 0 saturated carbocycles. The molecular formula is C26H30N6O. The van der Waals surface area contributed by atoms with Crippen molar-refractivity contribution in [2.75, 3.05) is 31.5 Å². The number of hydrogen-bond donors (Lipinski definition) is 1. The molecule has 5 rings (SSSR count). The number of nitrogens with one attached hydrogen (secondary N) is 1. The van der Waals surface area contributed by atoms with Crippen LogP contribution < -0.4 is 5.32 Å². The number of aromatic nitrogens is 3. The lowest BCUT2D eigenvalue weighted by molar-refractivity contribution is -0.133. The standard InChI is InChI=1S/C26H30N6O/c1-19-13-23(30-25-15-27-9-10-28-25)14-24(29-19)22-7-4-11-32(17-22)26(33)18-31-12-8-20-5-2-3-6-21(20)16-31/h2-3,5-6,9-10,13-15,22H,4,7-8,11-12,16-18H2,1H3,(H,28,29,30)/t22-/m1/s1. The van der Waals surface area contributed by atoms with Crippen molar-refractivity contribution in [1.29, 1.82) is 0 Å². The predicted molar refractivity (Wildman–Crippen MR) is 128 cm³/mol. The SMILES string of the molecule is Cc1cc(Nc2cnccn2)cc([C@@H]2CCCN(C(=O)CN3CCc4ccccc4C3)C2)n1. The van der Waals surface area contributed by atoms with Gasteiger partial charge in [-0.05, 0) is 49.4 Å². The van der Waals surface area contributed by atoms with E-state index in [2.05, 4.69) is 50.5 Å². The van der Waals surface area contributed by atoms with Gasteiger partial charge in [0.05, 0.1) is 12.7 Å². The maximum Gasteiger partial charge on any atom is 0.236 e. The summed E-state index contributed by atoms with van der Waals surface area (Å²) in [5.41, 5.74) is 5.70. The highest BCUT2D eigenvalue weighted by Crippen LogP contribution is 2.29. The maximum atomic E-state index is 13.2. The van der Waals surface area contributed by atoms with Gasteiger partial charge in [-0.2, -0.15) is 0 Å². The van der Waals surface area contributed by atoms with Gasteiger partial charge in [0.1, 0.15) is 5.82 Å². The van der Waals surface area contributed by atoms with Crippen LogP contribution >= 0.6 is 0 Å². The Morgan fingerprint density at radius 3 is 2.88 bits per heavy atom. The van der Waals surface area contributed by atoms with Gasteiger partial charge in [-0.15, -0.1) is 0 Å². The van der Waals surface area contributed by atoms with Gasteiger partial charge >= 0.3 is 0 Å². The Bertz CT molecular complexity index is 1120. The highest BCUT2D eigenvalue weighted by atomic mass is 16.2. The molecule has 2 aromatic heterocycles. The van der Waals surface area contributed by atoms with Crippen LogP contribution in [0.25, 0.3) is 0 Å². The largest absolute Gasteiger partial charge is 0.341 e. The number of anilines is 2. The third-order valence-electron chi connectivity index (χ3n) is 6.57. The van der Waals surface area contributed by atoms with Crippen molar-refractivity contribution >= 4 is 17.4 Å². The third kappa shape index (κ3) is 5.20. The molecule has 2 aliphatic heterocycles. The van der Waals surface area contributed by atoms with Crippen LogP contribution in [-0.4, -0.2) is 56.8 Å². The Kier molecular flexibility index (Phi) is 6.30. The number of rotatable bonds is 5. The van der Waals surface area contributed by atoms with Gasteiger partial charge < -0.3 is 10.2 Å². The molecule has 1 N–H and O–H groups in total. The molecule has 170 valence electrons. The zero-order valence-electron chi connectivity index (χ0n) is 19.1. The van der Waals surface area contributed by atoms with E-state index in [0.717, 1.165) is 62.5 Å². The molecule has 0 spiro atoms. The van der Waals surface area contributed by atoms with E-state index < -0.39 is 0 Å². The molecule has 1 amide bonds. The third-order valence-corrected chi connectivity index (χ3v) is 6.57. The predicted octanol–water partition coefficient (Wildman–Crippen LogP) is 3.69. The van der Waals surface area contributed by atoms with E-state index in [0.29, 0.717) is 12.4 Å². The minimum Gasteiger partial charge on any atom is -0.341 e. The van der Waals surface area contributed by atoms with Crippen molar-refractivity contribution in [1.82, 2.24) is 24.8 Å². The monoisotopic (exact) mass is 442 g/mol. The van der Waals surface area contributed by atoms with Crippen molar-refractivity contribution in [3.63, 3.8) is 0 Å². The van der Waals surface area contributed by atoms with E-state index in [4.69, 9.17) is 4.98 Å². The molecule has 1 aromatic carbocycles. The quantitative estimate of drug-likeness (QED) is 0.650. The molecule has 7 nitrogen and oxygen atoms in total. The van der Waals surface area contributed by atoms with Gasteiger partial charge in [-0.25, -0.2) is 4.98 Å². The van der Waals surface area contributed by atoms with Gasteiger partial charge in [0, 0.05) is 61.6 Å². The average molecular weight is 443 g/mol. The second-order valence-corrected chi connectivity index (χ2v) is 9.05. The van der Waals surface area contributed by atoms with Crippen LogP contribution in [-0.2, 0) is 17.8 Å². The van der Waals surface area contributed by atoms with Crippen molar-refractivity contribution < 1.29 is 4.79 Å². The van der Waals surface area contributed by atoms with Crippen molar-refractivity contribution in [3.8, 4) is 0 Å². The van der Waals surface area contributed by atoms with E-state index in [1.165, 1.54) is 11.1 Å². The Hall–Kier alpha value is -3.32. The molecule has 1 atom stereocenters. The number of likely N-dealkylation sites (tertiary alicyclic amines) is 1. The van der Waals surface area contributed by atoms with Crippen LogP contribution in [0.4, 0.5) is 11.5 Å². The number of carbonyl (C=O) groups excluding carboxylic acids is 1. The number of nitrogens with zero attached hydrogens (tertiary/aromatic N) is 5. The second kappa shape index (κ2) is 9.67. The molecule has 0 aliphatic carbocycles. The number of benzene rings is 1. The van der Waals surface area contributed by atoms with Crippen molar-refractivity contribution in [2.24, 2.45) is 0 Å². The number of amides is 1. The number of carbonyl (C=O) groups is 1. The Morgan fingerprint density at radius 2 is 2.03 bits per heavy atom. The highest BCUT2D eigenvalue weighted by Gasteiger charge is 2.28. The second-order valence-electron chi connectivity index (χ2n) is 9.05. The summed E-state index contributed by atoms with van der Waals surface area (Å²) < 4.78 is 0. The fourth-order valence-electron chi connectivity index (χ4n) is 4.91. The molecule has 33 heavy (non-hydrogen) atoms. The molecule has 0 bridgehead atoms. The zero-order valence-corrected chi connectivity index (χ0v) is 19.1. The number of fused-ring (bicyclic) bond motifs is 1. The summed E-state index contributed by atoms with van der Waals surface area (Å²) in [6, 6.07) is 12.7. The average Bonchev–Trinajstić information content (AvgIpc) is 2.84. The van der Waals surface area contributed by atoms with E-state index in [-0.39, 0.29) is 11.8 Å². The smallest absolute Gasteiger partial charge is 0.236 e. The zero-order chi connectivity index (χ0) is 22.6. The van der Waals surface area contributed by atoms with Crippen LogP contribution in [0, 0.1) is 6.92 Å². The minimum absolute atomic E-state index is 0.227. The maximum absolute atomic E-state index is 13.2. The summed E-state index contributed by atoms with van der Waals surface area (Å²) in [6.07, 6.45) is 8.09. The fourth-order valence-corrected chi connectivity index (χ4v) is 4.91. The summed E-state index contributed by atoms with van der Waals surface area (Å²) in [4.78, 5) is 30.7. The number of hydrogen-bond acceptors (Lipinski definition) is 6. The van der Waals surface area contributed by atoms with Crippen LogP contribution in [0.5, 0.6) is 0 Å². The van der Waals surface area contributed by atoms with E-state index in [1.54, 1.807) is 18.6 Å². The van der Waals surface area contributed by atoms with Gasteiger partial charge in [0.15, 0.2) is 0 Å². The van der Waals surface area contributed by atoms with Gasteiger partial charge in [-0.3, -0.25) is 19.7 Å². The summed E-state index contributed by atoms with van der Waals surface area (Å²) in [7, 11) is 0. The highest BCUT2D eigenvalue weighted by molar-refractivity contribution is 5.78. The first kappa shape index (κ1) is 21.5. The van der Waals surface area contributed by atoms with E-state index in [1.807, 2.05) is 17.9 Å². The molecule has 4 heterocycles. The van der Waals surface area contributed by atoms with Gasteiger partial charge in [-0.1, -0.05) is 24.3 Å². The molecule has 3 aromatic rings. The number of aryl methyl sites for hydroxylation is 1. The summed E-state index contributed by atoms with van der Waals surface area (Å²) in [5, 5.41) is 3.32. The Balaban J connectivity index is 1.24. The first-order chi connectivity index (χ1) is 16.1. The van der Waals surface area contributed by atoms with Gasteiger partial charge in [0.2, 0.25) is 5.91 Å². The Labute approximate surface area is 194 Å². The van der Waals surface area contributed by atoms with Crippen LogP contribution in [0.2, 0.25) is 0 Å². The topological polar surface area (TPSA) is 74.2 Å². The summed E-state index contributed by atoms with van der Waals surface area (Å²) >= 11 is 0. The van der Waals surface area contributed by atoms with Crippen LogP contribution in [0.3, 0.4) is 0 Å². The molecular weight excluding hydrogens is 412 g/mol. The summed E-state index contributed by atoms with van der Waals surface area (Å²) in [6.45, 7) is 5.85. The lowest BCUT2D eigenvalue weighted by Gasteiger charge is -2.35. The molecule has 7 heteroatoms. The number of piperidine rings is 1. The lowest BCUT2D eigenvalue weighted by atomic mass is 9.93. The van der Waals surface area contributed by atoms with Crippen molar-refractivity contribution in [3.05, 3.63) is 77.5 Å².